The lowest BCUT2D eigenvalue weighted by molar-refractivity contribution is -0.115. The zero-order chi connectivity index (χ0) is 15.5. The maximum atomic E-state index is 12.1. The Morgan fingerprint density at radius 1 is 1.36 bits per heavy atom. The van der Waals surface area contributed by atoms with E-state index < -0.39 is 0 Å². The molecular weight excluding hydrogens is 318 g/mol. The van der Waals surface area contributed by atoms with Gasteiger partial charge in [-0.2, -0.15) is 0 Å². The highest BCUT2D eigenvalue weighted by Gasteiger charge is 2.10. The summed E-state index contributed by atoms with van der Waals surface area (Å²) in [6.45, 7) is 1.93. The van der Waals surface area contributed by atoms with Crippen LogP contribution in [0.5, 0.6) is 0 Å². The molecule has 3 rings (SSSR count). The number of nitrogens with zero attached hydrogens (tertiary/aromatic N) is 2. The Morgan fingerprint density at radius 2 is 2.14 bits per heavy atom. The van der Waals surface area contributed by atoms with E-state index in [1.54, 1.807) is 12.1 Å². The van der Waals surface area contributed by atoms with Crippen LogP contribution in [0.25, 0.3) is 5.13 Å². The van der Waals surface area contributed by atoms with Crippen LogP contribution in [0.3, 0.4) is 0 Å². The third-order valence-corrected chi connectivity index (χ3v) is 4.32. The number of halogens is 1. The van der Waals surface area contributed by atoms with Gasteiger partial charge in [-0.25, -0.2) is 4.98 Å². The summed E-state index contributed by atoms with van der Waals surface area (Å²) in [6, 6.07) is 9.31. The van der Waals surface area contributed by atoms with Crippen LogP contribution in [0.15, 0.2) is 48.1 Å². The summed E-state index contributed by atoms with van der Waals surface area (Å²) in [7, 11) is 0. The van der Waals surface area contributed by atoms with Gasteiger partial charge in [-0.05, 0) is 36.8 Å². The Morgan fingerprint density at radius 3 is 2.91 bits per heavy atom. The minimum Gasteiger partial charge on any atom is -0.325 e. The molecule has 4 nitrogen and oxygen atoms in total. The SMILES string of the molecule is Cc1ccc(Cl)cc1NC(=O)Cc1csc(-n2cccc2)n1. The van der Waals surface area contributed by atoms with Gasteiger partial charge in [-0.15, -0.1) is 11.3 Å². The second kappa shape index (κ2) is 6.34. The number of rotatable bonds is 4. The first-order valence-electron chi connectivity index (χ1n) is 6.75. The van der Waals surface area contributed by atoms with Gasteiger partial charge in [0.1, 0.15) is 0 Å². The Kier molecular flexibility index (Phi) is 4.27. The molecule has 2 aromatic heterocycles. The van der Waals surface area contributed by atoms with Crippen LogP contribution in [0.4, 0.5) is 5.69 Å². The summed E-state index contributed by atoms with van der Waals surface area (Å²) >= 11 is 7.47. The van der Waals surface area contributed by atoms with E-state index >= 15 is 0 Å². The first-order valence-corrected chi connectivity index (χ1v) is 8.01. The number of carbonyl (C=O) groups excluding carboxylic acids is 1. The highest BCUT2D eigenvalue weighted by Crippen LogP contribution is 2.21. The summed E-state index contributed by atoms with van der Waals surface area (Å²) in [5.74, 6) is -0.102. The van der Waals surface area contributed by atoms with Crippen molar-refractivity contribution in [2.75, 3.05) is 5.32 Å². The van der Waals surface area contributed by atoms with E-state index in [4.69, 9.17) is 11.6 Å². The average Bonchev–Trinajstić information content (AvgIpc) is 3.13. The fraction of sp³-hybridized carbons (Fsp3) is 0.125. The van der Waals surface area contributed by atoms with E-state index in [2.05, 4.69) is 10.3 Å². The number of aryl methyl sites for hydroxylation is 1. The van der Waals surface area contributed by atoms with Gasteiger partial charge in [0.2, 0.25) is 5.91 Å². The molecule has 22 heavy (non-hydrogen) atoms. The molecule has 1 aromatic carbocycles. The van der Waals surface area contributed by atoms with Gasteiger partial charge in [0.25, 0.3) is 0 Å². The maximum absolute atomic E-state index is 12.1. The number of aromatic nitrogens is 2. The van der Waals surface area contributed by atoms with Crippen molar-refractivity contribution in [3.63, 3.8) is 0 Å². The second-order valence-electron chi connectivity index (χ2n) is 4.90. The summed E-state index contributed by atoms with van der Waals surface area (Å²) < 4.78 is 1.92. The molecule has 0 saturated carbocycles. The Bertz CT molecular complexity index is 796. The van der Waals surface area contributed by atoms with E-state index in [1.807, 2.05) is 47.5 Å². The monoisotopic (exact) mass is 331 g/mol. The number of anilines is 1. The molecule has 0 fully saturated rings. The van der Waals surface area contributed by atoms with Gasteiger partial charge in [-0.1, -0.05) is 17.7 Å². The molecule has 6 heteroatoms. The summed E-state index contributed by atoms with van der Waals surface area (Å²) in [5, 5.41) is 6.24. The molecule has 0 aliphatic rings. The maximum Gasteiger partial charge on any atom is 0.230 e. The van der Waals surface area contributed by atoms with E-state index in [0.29, 0.717) is 5.02 Å². The minimum atomic E-state index is -0.102. The Labute approximate surface area is 137 Å². The van der Waals surface area contributed by atoms with Gasteiger partial charge >= 0.3 is 0 Å². The standard InChI is InChI=1S/C16H14ClN3OS/c1-11-4-5-12(17)8-14(11)19-15(21)9-13-10-22-16(18-13)20-6-2-3-7-20/h2-8,10H,9H2,1H3,(H,19,21). The van der Waals surface area contributed by atoms with Crippen molar-refractivity contribution in [1.82, 2.24) is 9.55 Å². The van der Waals surface area contributed by atoms with Crippen molar-refractivity contribution in [2.45, 2.75) is 13.3 Å². The van der Waals surface area contributed by atoms with Crippen LogP contribution in [0.2, 0.25) is 5.02 Å². The molecule has 1 amide bonds. The van der Waals surface area contributed by atoms with Crippen LogP contribution in [0, 0.1) is 6.92 Å². The van der Waals surface area contributed by atoms with Crippen molar-refractivity contribution in [2.24, 2.45) is 0 Å². The molecule has 1 N–H and O–H groups in total. The molecule has 0 unspecified atom stereocenters. The molecule has 0 radical (unpaired) electrons. The van der Waals surface area contributed by atoms with Crippen LogP contribution in [-0.2, 0) is 11.2 Å². The number of hydrogen-bond donors (Lipinski definition) is 1. The normalized spacial score (nSPS) is 10.6. The molecule has 0 bridgehead atoms. The number of hydrogen-bond acceptors (Lipinski definition) is 3. The van der Waals surface area contributed by atoms with Gasteiger partial charge in [0, 0.05) is 28.5 Å². The smallest absolute Gasteiger partial charge is 0.230 e. The van der Waals surface area contributed by atoms with Crippen molar-refractivity contribution in [3.8, 4) is 5.13 Å². The van der Waals surface area contributed by atoms with E-state index in [0.717, 1.165) is 22.1 Å². The molecular formula is C16H14ClN3OS. The third kappa shape index (κ3) is 3.37. The largest absolute Gasteiger partial charge is 0.325 e. The fourth-order valence-corrected chi connectivity index (χ4v) is 3.01. The molecule has 0 atom stereocenters. The molecule has 3 aromatic rings. The summed E-state index contributed by atoms with van der Waals surface area (Å²) in [6.07, 6.45) is 4.10. The van der Waals surface area contributed by atoms with E-state index in [-0.39, 0.29) is 12.3 Å². The average molecular weight is 332 g/mol. The lowest BCUT2D eigenvalue weighted by Crippen LogP contribution is -2.15. The van der Waals surface area contributed by atoms with Crippen LogP contribution in [-0.4, -0.2) is 15.5 Å². The fourth-order valence-electron chi connectivity index (χ4n) is 2.05. The van der Waals surface area contributed by atoms with Crippen molar-refractivity contribution < 1.29 is 4.79 Å². The zero-order valence-electron chi connectivity index (χ0n) is 11.9. The van der Waals surface area contributed by atoms with Crippen molar-refractivity contribution in [3.05, 3.63) is 64.4 Å². The minimum absolute atomic E-state index is 0.102. The predicted octanol–water partition coefficient (Wildman–Crippen LogP) is 4.08. The van der Waals surface area contributed by atoms with Crippen molar-refractivity contribution in [1.29, 1.82) is 0 Å². The van der Waals surface area contributed by atoms with E-state index in [1.165, 1.54) is 11.3 Å². The van der Waals surface area contributed by atoms with Crippen LogP contribution < -0.4 is 5.32 Å². The first-order chi connectivity index (χ1) is 10.6. The molecule has 0 aliphatic carbocycles. The first kappa shape index (κ1) is 14.8. The lowest BCUT2D eigenvalue weighted by Gasteiger charge is -2.08. The Hall–Kier alpha value is -2.11. The molecule has 0 saturated heterocycles. The van der Waals surface area contributed by atoms with Gasteiger partial charge in [0.05, 0.1) is 12.1 Å². The van der Waals surface area contributed by atoms with Crippen LogP contribution >= 0.6 is 22.9 Å². The number of thiazole rings is 1. The lowest BCUT2D eigenvalue weighted by atomic mass is 10.2. The predicted molar refractivity (Wildman–Crippen MR) is 90.0 cm³/mol. The third-order valence-electron chi connectivity index (χ3n) is 3.18. The number of amides is 1. The van der Waals surface area contributed by atoms with Gasteiger partial charge in [-0.3, -0.25) is 4.79 Å². The highest BCUT2D eigenvalue weighted by atomic mass is 35.5. The number of nitrogens with one attached hydrogen (secondary N) is 1. The van der Waals surface area contributed by atoms with Crippen LogP contribution in [0.1, 0.15) is 11.3 Å². The number of benzene rings is 1. The van der Waals surface area contributed by atoms with Gasteiger partial charge < -0.3 is 9.88 Å². The zero-order valence-corrected chi connectivity index (χ0v) is 13.5. The summed E-state index contributed by atoms with van der Waals surface area (Å²) in [4.78, 5) is 16.6. The molecule has 2 heterocycles. The summed E-state index contributed by atoms with van der Waals surface area (Å²) in [5.41, 5.74) is 2.47. The highest BCUT2D eigenvalue weighted by molar-refractivity contribution is 7.12. The molecule has 112 valence electrons. The quantitative estimate of drug-likeness (QED) is 0.783. The van der Waals surface area contributed by atoms with Crippen molar-refractivity contribution >= 4 is 34.5 Å². The number of carbonyl (C=O) groups is 1. The second-order valence-corrected chi connectivity index (χ2v) is 6.17. The molecule has 0 aliphatic heterocycles. The van der Waals surface area contributed by atoms with E-state index in [9.17, 15) is 4.79 Å². The Balaban J connectivity index is 1.68. The molecule has 0 spiro atoms. The topological polar surface area (TPSA) is 46.9 Å². The van der Waals surface area contributed by atoms with Gasteiger partial charge in [0.15, 0.2) is 5.13 Å².